The van der Waals surface area contributed by atoms with Gasteiger partial charge in [0, 0.05) is 32.7 Å². The zero-order valence-corrected chi connectivity index (χ0v) is 17.0. The minimum Gasteiger partial charge on any atom is -0.481 e. The average molecular weight is 396 g/mol. The van der Waals surface area contributed by atoms with Crippen LogP contribution in [0.4, 0.5) is 0 Å². The second kappa shape index (κ2) is 9.56. The molecule has 2 aromatic rings. The van der Waals surface area contributed by atoms with E-state index in [1.54, 1.807) is 25.1 Å². The molecule has 0 radical (unpaired) electrons. The van der Waals surface area contributed by atoms with Gasteiger partial charge in [0.05, 0.1) is 5.56 Å². The molecule has 2 aromatic carbocycles. The monoisotopic (exact) mass is 396 g/mol. The maximum Gasteiger partial charge on any atom is 0.335 e. The van der Waals surface area contributed by atoms with Gasteiger partial charge in [0.2, 0.25) is 0 Å². The van der Waals surface area contributed by atoms with Crippen molar-refractivity contribution in [3.05, 3.63) is 65.2 Å². The van der Waals surface area contributed by atoms with Crippen LogP contribution in [0.1, 0.15) is 35.3 Å². The van der Waals surface area contributed by atoms with E-state index in [0.717, 1.165) is 25.1 Å². The van der Waals surface area contributed by atoms with E-state index >= 15 is 0 Å². The molecule has 1 saturated heterocycles. The molecular formula is C23H28N2O4. The summed E-state index contributed by atoms with van der Waals surface area (Å²) in [4.78, 5) is 27.9. The number of aryl methyl sites for hydroxylation is 1. The van der Waals surface area contributed by atoms with Crippen molar-refractivity contribution in [3.63, 3.8) is 0 Å². The highest BCUT2D eigenvalue weighted by molar-refractivity contribution is 5.87. The number of benzene rings is 2. The molecule has 1 unspecified atom stereocenters. The number of nitrogens with zero attached hydrogens (tertiary/aromatic N) is 2. The average Bonchev–Trinajstić information content (AvgIpc) is 2.74. The lowest BCUT2D eigenvalue weighted by Crippen LogP contribution is -2.51. The van der Waals surface area contributed by atoms with Crippen molar-refractivity contribution in [2.24, 2.45) is 0 Å². The summed E-state index contributed by atoms with van der Waals surface area (Å²) in [5, 5.41) is 9.13. The zero-order valence-electron chi connectivity index (χ0n) is 17.0. The lowest BCUT2D eigenvalue weighted by Gasteiger charge is -2.36. The van der Waals surface area contributed by atoms with Gasteiger partial charge in [-0.15, -0.1) is 0 Å². The second-order valence-electron chi connectivity index (χ2n) is 7.36. The molecule has 0 aromatic heterocycles. The molecule has 0 aliphatic carbocycles. The molecule has 1 atom stereocenters. The lowest BCUT2D eigenvalue weighted by atomic mass is 10.1. The minimum absolute atomic E-state index is 0.00269. The molecule has 0 bridgehead atoms. The number of ether oxygens (including phenoxy) is 1. The summed E-state index contributed by atoms with van der Waals surface area (Å²) in [6, 6.07) is 14.9. The Morgan fingerprint density at radius 1 is 1.03 bits per heavy atom. The van der Waals surface area contributed by atoms with Crippen molar-refractivity contribution in [2.45, 2.75) is 32.9 Å². The molecule has 0 saturated carbocycles. The third kappa shape index (κ3) is 5.57. The van der Waals surface area contributed by atoms with Crippen LogP contribution in [-0.4, -0.2) is 59.1 Å². The first-order valence-electron chi connectivity index (χ1n) is 10.0. The normalized spacial score (nSPS) is 15.7. The molecule has 6 heteroatoms. The Balaban J connectivity index is 1.49. The number of carbonyl (C=O) groups excluding carboxylic acids is 1. The first-order valence-corrected chi connectivity index (χ1v) is 10.0. The van der Waals surface area contributed by atoms with Crippen molar-refractivity contribution < 1.29 is 19.4 Å². The predicted molar refractivity (Wildman–Crippen MR) is 111 cm³/mol. The minimum atomic E-state index is -0.916. The Morgan fingerprint density at radius 2 is 1.72 bits per heavy atom. The lowest BCUT2D eigenvalue weighted by molar-refractivity contribution is -0.139. The highest BCUT2D eigenvalue weighted by Gasteiger charge is 2.26. The van der Waals surface area contributed by atoms with Crippen LogP contribution in [-0.2, 0) is 17.8 Å². The number of carbonyl (C=O) groups is 2. The van der Waals surface area contributed by atoms with Gasteiger partial charge < -0.3 is 14.7 Å². The summed E-state index contributed by atoms with van der Waals surface area (Å²) in [5.74, 6) is -0.210. The van der Waals surface area contributed by atoms with Gasteiger partial charge in [0.25, 0.3) is 5.91 Å². The van der Waals surface area contributed by atoms with Crippen LogP contribution in [0.2, 0.25) is 0 Å². The van der Waals surface area contributed by atoms with Gasteiger partial charge in [0.15, 0.2) is 6.10 Å². The molecule has 1 aliphatic heterocycles. The fourth-order valence-corrected chi connectivity index (χ4v) is 3.50. The smallest absolute Gasteiger partial charge is 0.335 e. The van der Waals surface area contributed by atoms with Crippen molar-refractivity contribution in [1.82, 2.24) is 9.80 Å². The highest BCUT2D eigenvalue weighted by Crippen LogP contribution is 2.16. The molecule has 154 valence electrons. The maximum atomic E-state index is 12.7. The van der Waals surface area contributed by atoms with Crippen molar-refractivity contribution in [2.75, 3.05) is 26.2 Å². The quantitative estimate of drug-likeness (QED) is 0.779. The summed E-state index contributed by atoms with van der Waals surface area (Å²) in [7, 11) is 0. The van der Waals surface area contributed by atoms with E-state index in [1.807, 2.05) is 35.2 Å². The Morgan fingerprint density at radius 3 is 2.34 bits per heavy atom. The molecule has 3 rings (SSSR count). The summed E-state index contributed by atoms with van der Waals surface area (Å²) >= 11 is 0. The number of carboxylic acids is 1. The molecule has 1 N–H and O–H groups in total. The fourth-order valence-electron chi connectivity index (χ4n) is 3.50. The van der Waals surface area contributed by atoms with Crippen LogP contribution in [0.3, 0.4) is 0 Å². The number of aromatic carboxylic acids is 1. The van der Waals surface area contributed by atoms with Crippen molar-refractivity contribution >= 4 is 11.9 Å². The van der Waals surface area contributed by atoms with Gasteiger partial charge in [-0.2, -0.15) is 0 Å². The van der Waals surface area contributed by atoms with Crippen LogP contribution in [0, 0.1) is 0 Å². The number of carboxylic acid groups (broad SMARTS) is 1. The van der Waals surface area contributed by atoms with Crippen LogP contribution >= 0.6 is 0 Å². The maximum absolute atomic E-state index is 12.7. The van der Waals surface area contributed by atoms with Gasteiger partial charge in [-0.3, -0.25) is 9.69 Å². The number of amides is 1. The standard InChI is InChI=1S/C23H28N2O4/c1-3-18-7-9-21(10-8-18)29-17(2)22(26)25-13-11-24(12-14-25)16-19-5-4-6-20(15-19)23(27)28/h4-10,15,17H,3,11-14,16H2,1-2H3,(H,27,28). The number of hydrogen-bond donors (Lipinski definition) is 1. The van der Waals surface area contributed by atoms with Crippen LogP contribution < -0.4 is 4.74 Å². The molecule has 6 nitrogen and oxygen atoms in total. The molecule has 29 heavy (non-hydrogen) atoms. The van der Waals surface area contributed by atoms with Gasteiger partial charge in [-0.1, -0.05) is 31.2 Å². The third-order valence-electron chi connectivity index (χ3n) is 5.26. The molecule has 0 spiro atoms. The Bertz CT molecular complexity index is 842. The fraction of sp³-hybridized carbons (Fsp3) is 0.391. The summed E-state index contributed by atoms with van der Waals surface area (Å²) in [5.41, 5.74) is 2.51. The molecule has 1 amide bonds. The number of piperazine rings is 1. The summed E-state index contributed by atoms with van der Waals surface area (Å²) in [6.45, 7) is 7.35. The number of hydrogen-bond acceptors (Lipinski definition) is 4. The predicted octanol–water partition coefficient (Wildman–Crippen LogP) is 3.06. The van der Waals surface area contributed by atoms with Gasteiger partial charge in [-0.25, -0.2) is 4.79 Å². The van der Waals surface area contributed by atoms with Gasteiger partial charge in [-0.05, 0) is 48.7 Å². The Hall–Kier alpha value is -2.86. The Labute approximate surface area is 171 Å². The summed E-state index contributed by atoms with van der Waals surface area (Å²) < 4.78 is 5.83. The molecular weight excluding hydrogens is 368 g/mol. The van der Waals surface area contributed by atoms with Crippen LogP contribution in [0.5, 0.6) is 5.75 Å². The molecule has 1 heterocycles. The second-order valence-corrected chi connectivity index (χ2v) is 7.36. The summed E-state index contributed by atoms with van der Waals surface area (Å²) in [6.07, 6.45) is 0.445. The largest absolute Gasteiger partial charge is 0.481 e. The first-order chi connectivity index (χ1) is 14.0. The van der Waals surface area contributed by atoms with Crippen LogP contribution in [0.25, 0.3) is 0 Å². The van der Waals surface area contributed by atoms with Crippen LogP contribution in [0.15, 0.2) is 48.5 Å². The van der Waals surface area contributed by atoms with E-state index < -0.39 is 12.1 Å². The topological polar surface area (TPSA) is 70.1 Å². The SMILES string of the molecule is CCc1ccc(OC(C)C(=O)N2CCN(Cc3cccc(C(=O)O)c3)CC2)cc1. The van der Waals surface area contributed by atoms with E-state index in [1.165, 1.54) is 5.56 Å². The van der Waals surface area contributed by atoms with Gasteiger partial charge >= 0.3 is 5.97 Å². The number of rotatable bonds is 7. The van der Waals surface area contributed by atoms with E-state index in [0.29, 0.717) is 30.9 Å². The molecule has 1 fully saturated rings. The van der Waals surface area contributed by atoms with Crippen molar-refractivity contribution in [1.29, 1.82) is 0 Å². The third-order valence-corrected chi connectivity index (χ3v) is 5.26. The van der Waals surface area contributed by atoms with Crippen molar-refractivity contribution in [3.8, 4) is 5.75 Å². The molecule has 1 aliphatic rings. The van der Waals surface area contributed by atoms with E-state index in [2.05, 4.69) is 11.8 Å². The van der Waals surface area contributed by atoms with E-state index in [-0.39, 0.29) is 5.91 Å². The van der Waals surface area contributed by atoms with E-state index in [4.69, 9.17) is 9.84 Å². The Kier molecular flexibility index (Phi) is 6.88. The zero-order chi connectivity index (χ0) is 20.8. The van der Waals surface area contributed by atoms with Gasteiger partial charge in [0.1, 0.15) is 5.75 Å². The van der Waals surface area contributed by atoms with E-state index in [9.17, 15) is 9.59 Å². The highest BCUT2D eigenvalue weighted by atomic mass is 16.5. The first kappa shape index (κ1) is 20.9.